The van der Waals surface area contributed by atoms with E-state index in [1.54, 1.807) is 18.2 Å². The third-order valence-corrected chi connectivity index (χ3v) is 5.79. The maximum atomic E-state index is 12.4. The van der Waals surface area contributed by atoms with Crippen molar-refractivity contribution in [2.24, 2.45) is 0 Å². The number of aliphatic hydroxyl groups is 1. The van der Waals surface area contributed by atoms with Crippen molar-refractivity contribution in [3.8, 4) is 11.5 Å². The Labute approximate surface area is 148 Å². The van der Waals surface area contributed by atoms with Crippen LogP contribution in [-0.2, 0) is 15.6 Å². The van der Waals surface area contributed by atoms with Crippen LogP contribution in [0.2, 0.25) is 0 Å². The van der Waals surface area contributed by atoms with E-state index in [0.29, 0.717) is 15.8 Å². The van der Waals surface area contributed by atoms with E-state index in [1.807, 2.05) is 0 Å². The number of benzene rings is 2. The van der Waals surface area contributed by atoms with Crippen molar-refractivity contribution in [2.45, 2.75) is 16.9 Å². The lowest BCUT2D eigenvalue weighted by molar-refractivity contribution is 0.00196. The number of hydrogen-bond donors (Lipinski definition) is 3. The summed E-state index contributed by atoms with van der Waals surface area (Å²) in [7, 11) is -3.78. The van der Waals surface area contributed by atoms with Gasteiger partial charge in [0.1, 0.15) is 17.1 Å². The molecule has 1 aliphatic rings. The summed E-state index contributed by atoms with van der Waals surface area (Å²) in [5.74, 6) is 0.413. The predicted molar refractivity (Wildman–Crippen MR) is 91.4 cm³/mol. The van der Waals surface area contributed by atoms with Gasteiger partial charge in [0.15, 0.2) is 0 Å². The molecule has 0 aromatic heterocycles. The number of ether oxygens (including phenoxy) is 1. The van der Waals surface area contributed by atoms with E-state index >= 15 is 0 Å². The van der Waals surface area contributed by atoms with Crippen LogP contribution in [0.15, 0.2) is 51.8 Å². The summed E-state index contributed by atoms with van der Waals surface area (Å²) in [6, 6.07) is 10.7. The molecule has 2 aromatic carbocycles. The van der Waals surface area contributed by atoms with Crippen molar-refractivity contribution < 1.29 is 23.4 Å². The van der Waals surface area contributed by atoms with Crippen molar-refractivity contribution in [1.82, 2.24) is 4.72 Å². The largest absolute Gasteiger partial charge is 0.508 e. The molecule has 0 saturated carbocycles. The molecule has 0 fully saturated rings. The minimum absolute atomic E-state index is 0.0208. The number of sulfonamides is 1. The molecule has 6 nitrogen and oxygen atoms in total. The highest BCUT2D eigenvalue weighted by Crippen LogP contribution is 2.38. The SMILES string of the molecule is O=S(=O)(NCC1(O)CCOc2ccc(O)cc21)c1cccc(Br)c1. The Balaban J connectivity index is 1.86. The molecule has 0 radical (unpaired) electrons. The van der Waals surface area contributed by atoms with E-state index in [9.17, 15) is 18.6 Å². The van der Waals surface area contributed by atoms with Crippen LogP contribution < -0.4 is 9.46 Å². The molecular formula is C16H16BrNO5S. The molecule has 8 heteroatoms. The first-order chi connectivity index (χ1) is 11.3. The molecule has 3 N–H and O–H groups in total. The Morgan fingerprint density at radius 3 is 2.79 bits per heavy atom. The highest BCUT2D eigenvalue weighted by Gasteiger charge is 2.37. The number of aromatic hydroxyl groups is 1. The molecule has 0 aliphatic carbocycles. The maximum absolute atomic E-state index is 12.4. The van der Waals surface area contributed by atoms with E-state index < -0.39 is 15.6 Å². The van der Waals surface area contributed by atoms with E-state index in [1.165, 1.54) is 24.3 Å². The molecule has 0 spiro atoms. The second kappa shape index (κ2) is 6.36. The third kappa shape index (κ3) is 3.41. The molecule has 128 valence electrons. The molecule has 2 aromatic rings. The molecular weight excluding hydrogens is 398 g/mol. The average molecular weight is 414 g/mol. The molecule has 0 amide bonds. The Morgan fingerprint density at radius 1 is 1.25 bits per heavy atom. The predicted octanol–water partition coefficient (Wildman–Crippen LogP) is 2.10. The van der Waals surface area contributed by atoms with Crippen molar-refractivity contribution in [3.63, 3.8) is 0 Å². The fraction of sp³-hybridized carbons (Fsp3) is 0.250. The quantitative estimate of drug-likeness (QED) is 0.712. The summed E-state index contributed by atoms with van der Waals surface area (Å²) in [4.78, 5) is 0.101. The topological polar surface area (TPSA) is 95.9 Å². The zero-order chi connectivity index (χ0) is 17.4. The van der Waals surface area contributed by atoms with Crippen LogP contribution in [0.3, 0.4) is 0 Å². The van der Waals surface area contributed by atoms with Gasteiger partial charge in [-0.3, -0.25) is 0 Å². The highest BCUT2D eigenvalue weighted by molar-refractivity contribution is 9.10. The summed E-state index contributed by atoms with van der Waals surface area (Å²) < 4.78 is 33.4. The third-order valence-electron chi connectivity index (χ3n) is 3.90. The van der Waals surface area contributed by atoms with Gasteiger partial charge in [-0.25, -0.2) is 13.1 Å². The zero-order valence-corrected chi connectivity index (χ0v) is 15.0. The molecule has 0 bridgehead atoms. The van der Waals surface area contributed by atoms with Crippen molar-refractivity contribution >= 4 is 26.0 Å². The Bertz CT molecular complexity index is 871. The summed E-state index contributed by atoms with van der Waals surface area (Å²) in [6.07, 6.45) is 0.213. The van der Waals surface area contributed by atoms with E-state index in [4.69, 9.17) is 4.74 Å². The van der Waals surface area contributed by atoms with Gasteiger partial charge >= 0.3 is 0 Å². The van der Waals surface area contributed by atoms with Gasteiger partial charge in [-0.05, 0) is 36.4 Å². The second-order valence-corrected chi connectivity index (χ2v) is 8.28. The summed E-state index contributed by atoms with van der Waals surface area (Å²) >= 11 is 3.24. The van der Waals surface area contributed by atoms with Crippen LogP contribution in [0, 0.1) is 0 Å². The minimum Gasteiger partial charge on any atom is -0.508 e. The summed E-state index contributed by atoms with van der Waals surface area (Å²) in [5, 5.41) is 20.5. The Hall–Kier alpha value is -1.61. The number of rotatable bonds is 4. The van der Waals surface area contributed by atoms with Crippen molar-refractivity contribution in [3.05, 3.63) is 52.5 Å². The van der Waals surface area contributed by atoms with E-state index in [-0.39, 0.29) is 30.2 Å². The van der Waals surface area contributed by atoms with Gasteiger partial charge in [-0.2, -0.15) is 0 Å². The van der Waals surface area contributed by atoms with Gasteiger partial charge in [0.05, 0.1) is 11.5 Å². The first-order valence-corrected chi connectivity index (χ1v) is 9.52. The van der Waals surface area contributed by atoms with Crippen LogP contribution in [0.25, 0.3) is 0 Å². The molecule has 1 unspecified atom stereocenters. The first-order valence-electron chi connectivity index (χ1n) is 7.24. The molecule has 1 heterocycles. The lowest BCUT2D eigenvalue weighted by atomic mass is 9.88. The lowest BCUT2D eigenvalue weighted by Gasteiger charge is -2.34. The highest BCUT2D eigenvalue weighted by atomic mass is 79.9. The number of nitrogens with one attached hydrogen (secondary N) is 1. The smallest absolute Gasteiger partial charge is 0.240 e. The van der Waals surface area contributed by atoms with Crippen LogP contribution in [0.1, 0.15) is 12.0 Å². The van der Waals surface area contributed by atoms with E-state index in [0.717, 1.165) is 0 Å². The number of phenols is 1. The Kier molecular flexibility index (Phi) is 4.56. The average Bonchev–Trinajstić information content (AvgIpc) is 2.54. The van der Waals surface area contributed by atoms with Crippen LogP contribution >= 0.6 is 15.9 Å². The van der Waals surface area contributed by atoms with E-state index in [2.05, 4.69) is 20.7 Å². The standard InChI is InChI=1S/C16H16BrNO5S/c17-11-2-1-3-13(8-11)24(21,22)18-10-16(20)6-7-23-15-5-4-12(19)9-14(15)16/h1-5,8-9,18-20H,6-7,10H2. The van der Waals surface area contributed by atoms with Gasteiger partial charge < -0.3 is 14.9 Å². The first kappa shape index (κ1) is 17.2. The van der Waals surface area contributed by atoms with Crippen LogP contribution in [0.4, 0.5) is 0 Å². The minimum atomic E-state index is -3.78. The van der Waals surface area contributed by atoms with Crippen molar-refractivity contribution in [1.29, 1.82) is 0 Å². The molecule has 1 atom stereocenters. The number of halogens is 1. The number of hydrogen-bond acceptors (Lipinski definition) is 5. The second-order valence-electron chi connectivity index (χ2n) is 5.59. The molecule has 24 heavy (non-hydrogen) atoms. The van der Waals surface area contributed by atoms with Gasteiger partial charge in [0.25, 0.3) is 0 Å². The fourth-order valence-electron chi connectivity index (χ4n) is 2.59. The lowest BCUT2D eigenvalue weighted by Crippen LogP contribution is -2.43. The van der Waals surface area contributed by atoms with Crippen molar-refractivity contribution in [2.75, 3.05) is 13.2 Å². The maximum Gasteiger partial charge on any atom is 0.240 e. The fourth-order valence-corrected chi connectivity index (χ4v) is 4.27. The van der Waals surface area contributed by atoms with Crippen LogP contribution in [0.5, 0.6) is 11.5 Å². The van der Waals surface area contributed by atoms with Gasteiger partial charge in [0, 0.05) is 23.0 Å². The summed E-state index contributed by atoms with van der Waals surface area (Å²) in [6.45, 7) is 0.0363. The normalized spacial score (nSPS) is 20.2. The number of fused-ring (bicyclic) bond motifs is 1. The van der Waals surface area contributed by atoms with Gasteiger partial charge in [-0.1, -0.05) is 22.0 Å². The molecule has 0 saturated heterocycles. The monoisotopic (exact) mass is 413 g/mol. The number of phenolic OH excluding ortho intramolecular Hbond substituents is 1. The molecule has 1 aliphatic heterocycles. The Morgan fingerprint density at radius 2 is 2.04 bits per heavy atom. The summed E-state index contributed by atoms with van der Waals surface area (Å²) in [5.41, 5.74) is -1.09. The van der Waals surface area contributed by atoms with Gasteiger partial charge in [0.2, 0.25) is 10.0 Å². The van der Waals surface area contributed by atoms with Crippen LogP contribution in [-0.4, -0.2) is 31.8 Å². The van der Waals surface area contributed by atoms with Gasteiger partial charge in [-0.15, -0.1) is 0 Å². The zero-order valence-electron chi connectivity index (χ0n) is 12.6. The molecule has 3 rings (SSSR count).